The first kappa shape index (κ1) is 21.1. The molecule has 0 aromatic heterocycles. The third-order valence-corrected chi connectivity index (χ3v) is 5.08. The van der Waals surface area contributed by atoms with Gasteiger partial charge in [0.2, 0.25) is 5.91 Å². The lowest BCUT2D eigenvalue weighted by Crippen LogP contribution is -2.55. The minimum atomic E-state index is -0.695. The minimum absolute atomic E-state index is 0.0233. The van der Waals surface area contributed by atoms with Crippen molar-refractivity contribution >= 4 is 29.1 Å². The van der Waals surface area contributed by atoms with E-state index in [0.29, 0.717) is 13.1 Å². The van der Waals surface area contributed by atoms with E-state index in [-0.39, 0.29) is 34.1 Å². The smallest absolute Gasteiger partial charge is 0.270 e. The Morgan fingerprint density at radius 2 is 2.07 bits per heavy atom. The maximum atomic E-state index is 13.0. The van der Waals surface area contributed by atoms with Crippen molar-refractivity contribution in [1.82, 2.24) is 15.5 Å². The van der Waals surface area contributed by atoms with Gasteiger partial charge in [-0.25, -0.2) is 0 Å². The zero-order valence-corrected chi connectivity index (χ0v) is 16.5. The van der Waals surface area contributed by atoms with E-state index in [0.717, 1.165) is 18.9 Å². The number of non-ortho nitro benzene ring substituents is 1. The molecule has 2 unspecified atom stereocenters. The molecule has 1 aliphatic rings. The van der Waals surface area contributed by atoms with Gasteiger partial charge in [-0.1, -0.05) is 25.4 Å². The summed E-state index contributed by atoms with van der Waals surface area (Å²) in [7, 11) is 1.87. The normalized spacial score (nSPS) is 18.3. The fourth-order valence-corrected chi connectivity index (χ4v) is 3.40. The molecule has 1 saturated heterocycles. The second-order valence-electron chi connectivity index (χ2n) is 7.03. The number of hydrogen-bond donors (Lipinski definition) is 2. The molecule has 1 heterocycles. The van der Waals surface area contributed by atoms with Crippen LogP contribution >= 0.6 is 11.6 Å². The molecule has 8 nitrogen and oxygen atoms in total. The number of nitro benzene ring substituents is 1. The molecule has 2 N–H and O–H groups in total. The summed E-state index contributed by atoms with van der Waals surface area (Å²) in [6.45, 7) is 4.99. The second-order valence-corrected chi connectivity index (χ2v) is 7.44. The highest BCUT2D eigenvalue weighted by atomic mass is 35.5. The Hall–Kier alpha value is -2.19. The fourth-order valence-electron chi connectivity index (χ4n) is 3.14. The van der Waals surface area contributed by atoms with Gasteiger partial charge in [0.05, 0.1) is 15.5 Å². The Morgan fingerprint density at radius 3 is 2.63 bits per heavy atom. The highest BCUT2D eigenvalue weighted by Gasteiger charge is 2.32. The van der Waals surface area contributed by atoms with Crippen LogP contribution in [-0.2, 0) is 4.79 Å². The summed E-state index contributed by atoms with van der Waals surface area (Å²) in [6, 6.07) is 3.20. The molecule has 0 aliphatic carbocycles. The van der Waals surface area contributed by atoms with Gasteiger partial charge < -0.3 is 15.5 Å². The number of benzene rings is 1. The first-order valence-corrected chi connectivity index (χ1v) is 9.33. The molecule has 2 rings (SSSR count). The van der Waals surface area contributed by atoms with Crippen LogP contribution in [0.3, 0.4) is 0 Å². The number of carbonyl (C=O) groups is 2. The van der Waals surface area contributed by atoms with Crippen molar-refractivity contribution in [3.05, 3.63) is 38.9 Å². The molecule has 1 fully saturated rings. The number of piperidine rings is 1. The Labute approximate surface area is 163 Å². The quantitative estimate of drug-likeness (QED) is 0.566. The minimum Gasteiger partial charge on any atom is -0.340 e. The number of rotatable bonds is 6. The molecule has 27 heavy (non-hydrogen) atoms. The van der Waals surface area contributed by atoms with Gasteiger partial charge in [-0.3, -0.25) is 19.7 Å². The molecule has 148 valence electrons. The summed E-state index contributed by atoms with van der Waals surface area (Å²) in [5.41, 5.74) is -0.0908. The third kappa shape index (κ3) is 5.17. The molecule has 0 bridgehead atoms. The number of nitrogens with one attached hydrogen (secondary N) is 2. The van der Waals surface area contributed by atoms with Gasteiger partial charge >= 0.3 is 0 Å². The molecule has 2 amide bonds. The van der Waals surface area contributed by atoms with Crippen LogP contribution in [0.1, 0.15) is 37.0 Å². The van der Waals surface area contributed by atoms with Gasteiger partial charge in [0.1, 0.15) is 6.04 Å². The summed E-state index contributed by atoms with van der Waals surface area (Å²) in [6.07, 6.45) is 1.92. The van der Waals surface area contributed by atoms with Crippen molar-refractivity contribution in [2.45, 2.75) is 38.8 Å². The van der Waals surface area contributed by atoms with E-state index in [1.807, 2.05) is 20.9 Å². The van der Waals surface area contributed by atoms with E-state index in [9.17, 15) is 19.7 Å². The Morgan fingerprint density at radius 1 is 1.37 bits per heavy atom. The van der Waals surface area contributed by atoms with E-state index in [4.69, 9.17) is 11.6 Å². The predicted molar refractivity (Wildman–Crippen MR) is 103 cm³/mol. The van der Waals surface area contributed by atoms with Gasteiger partial charge in [0.25, 0.3) is 11.6 Å². The van der Waals surface area contributed by atoms with E-state index < -0.39 is 16.9 Å². The number of amides is 2. The SMILES string of the molecule is CNC1CCCN(C(=O)C(NC(=O)c2ccc([N+](=O)[O-])cc2Cl)C(C)C)C1. The Balaban J connectivity index is 2.14. The predicted octanol–water partition coefficient (Wildman–Crippen LogP) is 2.21. The second kappa shape index (κ2) is 9.14. The molecular weight excluding hydrogens is 372 g/mol. The molecule has 0 saturated carbocycles. The molecule has 0 radical (unpaired) electrons. The number of nitrogens with zero attached hydrogens (tertiary/aromatic N) is 2. The van der Waals surface area contributed by atoms with Gasteiger partial charge in [-0.15, -0.1) is 0 Å². The summed E-state index contributed by atoms with van der Waals surface area (Å²) in [4.78, 5) is 37.6. The molecule has 0 spiro atoms. The maximum Gasteiger partial charge on any atom is 0.270 e. The van der Waals surface area contributed by atoms with Gasteiger partial charge in [-0.05, 0) is 31.9 Å². The fraction of sp³-hybridized carbons (Fsp3) is 0.556. The lowest BCUT2D eigenvalue weighted by molar-refractivity contribution is -0.384. The average molecular weight is 397 g/mol. The zero-order chi connectivity index (χ0) is 20.1. The van der Waals surface area contributed by atoms with Crippen molar-refractivity contribution < 1.29 is 14.5 Å². The van der Waals surface area contributed by atoms with Crippen LogP contribution in [-0.4, -0.2) is 53.9 Å². The Bertz CT molecular complexity index is 725. The van der Waals surface area contributed by atoms with Crippen molar-refractivity contribution in [2.75, 3.05) is 20.1 Å². The van der Waals surface area contributed by atoms with E-state index in [2.05, 4.69) is 10.6 Å². The lowest BCUT2D eigenvalue weighted by Gasteiger charge is -2.36. The molecule has 2 atom stereocenters. The number of halogens is 1. The third-order valence-electron chi connectivity index (χ3n) is 4.77. The van der Waals surface area contributed by atoms with Crippen LogP contribution in [0.5, 0.6) is 0 Å². The molecule has 9 heteroatoms. The van der Waals surface area contributed by atoms with Crippen LogP contribution in [0.25, 0.3) is 0 Å². The van der Waals surface area contributed by atoms with Gasteiger partial charge in [0.15, 0.2) is 0 Å². The largest absolute Gasteiger partial charge is 0.340 e. The number of nitro groups is 1. The monoisotopic (exact) mass is 396 g/mol. The van der Waals surface area contributed by atoms with Crippen LogP contribution in [0, 0.1) is 16.0 Å². The van der Waals surface area contributed by atoms with E-state index in [1.165, 1.54) is 12.1 Å². The number of likely N-dealkylation sites (N-methyl/N-ethyl adjacent to an activating group) is 1. The summed E-state index contributed by atoms with van der Waals surface area (Å²) >= 11 is 6.03. The lowest BCUT2D eigenvalue weighted by atomic mass is 9.99. The summed E-state index contributed by atoms with van der Waals surface area (Å²) in [5.74, 6) is -0.770. The van der Waals surface area contributed by atoms with Crippen LogP contribution in [0.4, 0.5) is 5.69 Å². The van der Waals surface area contributed by atoms with Gasteiger partial charge in [0, 0.05) is 31.3 Å². The van der Waals surface area contributed by atoms with Crippen molar-refractivity contribution in [2.24, 2.45) is 5.92 Å². The zero-order valence-electron chi connectivity index (χ0n) is 15.7. The van der Waals surface area contributed by atoms with Crippen LogP contribution < -0.4 is 10.6 Å². The van der Waals surface area contributed by atoms with Gasteiger partial charge in [-0.2, -0.15) is 0 Å². The first-order valence-electron chi connectivity index (χ1n) is 8.95. The Kier molecular flexibility index (Phi) is 7.15. The van der Waals surface area contributed by atoms with E-state index in [1.54, 1.807) is 4.90 Å². The van der Waals surface area contributed by atoms with Crippen LogP contribution in [0.15, 0.2) is 18.2 Å². The number of likely N-dealkylation sites (tertiary alicyclic amines) is 1. The van der Waals surface area contributed by atoms with Crippen LogP contribution in [0.2, 0.25) is 5.02 Å². The molecule has 1 aromatic carbocycles. The molecule has 1 aliphatic heterocycles. The summed E-state index contributed by atoms with van der Waals surface area (Å²) < 4.78 is 0. The highest BCUT2D eigenvalue weighted by molar-refractivity contribution is 6.34. The molecule has 1 aromatic rings. The van der Waals surface area contributed by atoms with Crippen molar-refractivity contribution in [3.8, 4) is 0 Å². The highest BCUT2D eigenvalue weighted by Crippen LogP contribution is 2.23. The number of hydrogen-bond acceptors (Lipinski definition) is 5. The van der Waals surface area contributed by atoms with Crippen molar-refractivity contribution in [3.63, 3.8) is 0 Å². The number of carbonyl (C=O) groups excluding carboxylic acids is 2. The molecular formula is C18H25ClN4O4. The average Bonchev–Trinajstić information content (AvgIpc) is 2.64. The van der Waals surface area contributed by atoms with E-state index >= 15 is 0 Å². The summed E-state index contributed by atoms with van der Waals surface area (Å²) in [5, 5.41) is 16.7. The van der Waals surface area contributed by atoms with Crippen molar-refractivity contribution in [1.29, 1.82) is 0 Å². The first-order chi connectivity index (χ1) is 12.7. The maximum absolute atomic E-state index is 13.0. The standard InChI is InChI=1S/C18H25ClN4O4/c1-11(2)16(18(25)22-8-4-5-12(10-22)20-3)21-17(24)14-7-6-13(23(26)27)9-15(14)19/h6-7,9,11-12,16,20H,4-5,8,10H2,1-3H3,(H,21,24). The topological polar surface area (TPSA) is 105 Å².